The summed E-state index contributed by atoms with van der Waals surface area (Å²) in [5.41, 5.74) is 7.28. The van der Waals surface area contributed by atoms with Crippen LogP contribution < -0.4 is 20.2 Å². The largest absolute Gasteiger partial charge is 0.490 e. The van der Waals surface area contributed by atoms with Gasteiger partial charge in [-0.1, -0.05) is 47.5 Å². The summed E-state index contributed by atoms with van der Waals surface area (Å²) in [6, 6.07) is 26.1. The molecule has 43 heavy (non-hydrogen) atoms. The number of thiazole rings is 1. The summed E-state index contributed by atoms with van der Waals surface area (Å²) in [4.78, 5) is 17.4. The Balaban J connectivity index is 1.19. The average molecular weight is 743 g/mol. The fourth-order valence-corrected chi connectivity index (χ4v) is 5.44. The van der Waals surface area contributed by atoms with Crippen LogP contribution in [0.1, 0.15) is 28.4 Å². The van der Waals surface area contributed by atoms with E-state index in [1.165, 1.54) is 17.6 Å². The number of hydrogen-bond donors (Lipinski definition) is 2. The van der Waals surface area contributed by atoms with Gasteiger partial charge in [0.05, 0.1) is 23.5 Å². The number of nitrogens with zero attached hydrogens (tertiary/aromatic N) is 2. The number of anilines is 2. The predicted octanol–water partition coefficient (Wildman–Crippen LogP) is 9.21. The second-order valence-electron chi connectivity index (χ2n) is 9.12. The monoisotopic (exact) mass is 742 g/mol. The minimum absolute atomic E-state index is 0.347. The molecule has 1 heterocycles. The zero-order valence-corrected chi connectivity index (χ0v) is 27.3. The Morgan fingerprint density at radius 3 is 2.47 bits per heavy atom. The molecule has 0 unspecified atom stereocenters. The molecule has 0 spiro atoms. The lowest BCUT2D eigenvalue weighted by Gasteiger charge is -2.14. The van der Waals surface area contributed by atoms with Crippen molar-refractivity contribution in [3.63, 3.8) is 0 Å². The van der Waals surface area contributed by atoms with Gasteiger partial charge in [0.15, 0.2) is 16.6 Å². The number of carbonyl (C=O) groups excluding carboxylic acids is 1. The topological polar surface area (TPSA) is 84.8 Å². The van der Waals surface area contributed by atoms with Crippen molar-refractivity contribution < 1.29 is 14.3 Å². The predicted molar refractivity (Wildman–Crippen MR) is 183 cm³/mol. The van der Waals surface area contributed by atoms with E-state index in [0.29, 0.717) is 45.9 Å². The molecule has 2 N–H and O–H groups in total. The van der Waals surface area contributed by atoms with E-state index in [1.54, 1.807) is 24.3 Å². The molecule has 1 amide bonds. The first-order chi connectivity index (χ1) is 20.9. The molecule has 7 nitrogen and oxygen atoms in total. The summed E-state index contributed by atoms with van der Waals surface area (Å²) in [7, 11) is 0. The molecular weight excluding hydrogens is 718 g/mol. The number of ether oxygens (including phenoxy) is 2. The fraction of sp³-hybridized carbons (Fsp3) is 0.0938. The highest BCUT2D eigenvalue weighted by Gasteiger charge is 2.13. The molecule has 4 aromatic carbocycles. The average Bonchev–Trinajstić information content (AvgIpc) is 3.47. The first-order valence-electron chi connectivity index (χ1n) is 13.1. The van der Waals surface area contributed by atoms with E-state index in [2.05, 4.69) is 43.4 Å². The number of nitrogens with one attached hydrogen (secondary N) is 2. The number of hydrazone groups is 1. The van der Waals surface area contributed by atoms with Crippen LogP contribution in [-0.4, -0.2) is 23.7 Å². The van der Waals surface area contributed by atoms with E-state index in [1.807, 2.05) is 73.0 Å². The molecule has 0 bridgehead atoms. The summed E-state index contributed by atoms with van der Waals surface area (Å²) in [5.74, 6) is 0.605. The highest BCUT2D eigenvalue weighted by molar-refractivity contribution is 14.1. The quantitative estimate of drug-likeness (QED) is 0.0801. The van der Waals surface area contributed by atoms with Gasteiger partial charge >= 0.3 is 0 Å². The van der Waals surface area contributed by atoms with Gasteiger partial charge in [0.25, 0.3) is 5.91 Å². The minimum Gasteiger partial charge on any atom is -0.490 e. The van der Waals surface area contributed by atoms with Crippen molar-refractivity contribution in [2.75, 3.05) is 11.9 Å². The number of halogens is 3. The molecule has 0 saturated carbocycles. The molecule has 218 valence electrons. The Hall–Kier alpha value is -3.64. The van der Waals surface area contributed by atoms with Crippen LogP contribution in [0.3, 0.4) is 0 Å². The van der Waals surface area contributed by atoms with E-state index >= 15 is 0 Å². The summed E-state index contributed by atoms with van der Waals surface area (Å²) >= 11 is 16.2. The van der Waals surface area contributed by atoms with E-state index < -0.39 is 0 Å². The molecule has 11 heteroatoms. The Bertz CT molecular complexity index is 1730. The van der Waals surface area contributed by atoms with E-state index in [9.17, 15) is 4.79 Å². The maximum atomic E-state index is 12.7. The van der Waals surface area contributed by atoms with Crippen molar-refractivity contribution in [2.24, 2.45) is 5.10 Å². The van der Waals surface area contributed by atoms with Crippen molar-refractivity contribution in [3.05, 3.63) is 121 Å². The van der Waals surface area contributed by atoms with Crippen LogP contribution >= 0.6 is 57.1 Å². The van der Waals surface area contributed by atoms with Crippen LogP contribution in [0.2, 0.25) is 10.0 Å². The van der Waals surface area contributed by atoms with E-state index in [4.69, 9.17) is 32.7 Å². The van der Waals surface area contributed by atoms with Crippen molar-refractivity contribution in [1.29, 1.82) is 0 Å². The molecule has 0 fully saturated rings. The molecule has 0 aliphatic heterocycles. The van der Waals surface area contributed by atoms with Gasteiger partial charge in [-0.15, -0.1) is 11.3 Å². The van der Waals surface area contributed by atoms with Crippen LogP contribution in [0.5, 0.6) is 11.5 Å². The second-order valence-corrected chi connectivity index (χ2v) is 12.1. The third kappa shape index (κ3) is 8.47. The molecule has 0 aliphatic rings. The zero-order chi connectivity index (χ0) is 30.2. The summed E-state index contributed by atoms with van der Waals surface area (Å²) in [6.45, 7) is 2.67. The van der Waals surface area contributed by atoms with Crippen LogP contribution in [0.25, 0.3) is 11.3 Å². The molecule has 1 aromatic heterocycles. The molecule has 0 aliphatic carbocycles. The van der Waals surface area contributed by atoms with Gasteiger partial charge in [-0.3, -0.25) is 4.79 Å². The van der Waals surface area contributed by atoms with Gasteiger partial charge < -0.3 is 14.8 Å². The van der Waals surface area contributed by atoms with Gasteiger partial charge in [0.1, 0.15) is 6.61 Å². The third-order valence-corrected chi connectivity index (χ3v) is 8.06. The first kappa shape index (κ1) is 30.8. The first-order valence-corrected chi connectivity index (χ1v) is 15.8. The Morgan fingerprint density at radius 1 is 1.00 bits per heavy atom. The highest BCUT2D eigenvalue weighted by Crippen LogP contribution is 2.37. The normalized spacial score (nSPS) is 11.0. The molecule has 5 rings (SSSR count). The fourth-order valence-electron chi connectivity index (χ4n) is 3.94. The SMILES string of the molecule is CCOc1cc(/C=N\NC(=O)c2ccc(-c3csc(Nc4ccc(Cl)cc4)n3)cc2)cc(Cl)c1OCc1ccc(I)cc1. The van der Waals surface area contributed by atoms with Crippen LogP contribution in [-0.2, 0) is 6.61 Å². The van der Waals surface area contributed by atoms with Crippen molar-refractivity contribution in [3.8, 4) is 22.8 Å². The lowest BCUT2D eigenvalue weighted by Crippen LogP contribution is -2.17. The van der Waals surface area contributed by atoms with Gasteiger partial charge in [-0.05, 0) is 101 Å². The second kappa shape index (κ2) is 14.7. The smallest absolute Gasteiger partial charge is 0.271 e. The van der Waals surface area contributed by atoms with Gasteiger partial charge in [0.2, 0.25) is 0 Å². The van der Waals surface area contributed by atoms with E-state index in [0.717, 1.165) is 31.2 Å². The molecule has 5 aromatic rings. The number of benzene rings is 4. The zero-order valence-electron chi connectivity index (χ0n) is 22.8. The summed E-state index contributed by atoms with van der Waals surface area (Å²) in [6.07, 6.45) is 1.51. The number of carbonyl (C=O) groups is 1. The number of amides is 1. The molecule has 0 radical (unpaired) electrons. The lowest BCUT2D eigenvalue weighted by atomic mass is 10.1. The van der Waals surface area contributed by atoms with Crippen LogP contribution in [0, 0.1) is 3.57 Å². The van der Waals surface area contributed by atoms with Gasteiger partial charge in [0, 0.05) is 30.8 Å². The van der Waals surface area contributed by atoms with Crippen molar-refractivity contribution >= 4 is 80.1 Å². The molecule has 0 atom stereocenters. The van der Waals surface area contributed by atoms with E-state index in [-0.39, 0.29) is 5.91 Å². The number of rotatable bonds is 11. The maximum Gasteiger partial charge on any atom is 0.271 e. The van der Waals surface area contributed by atoms with Crippen LogP contribution in [0.4, 0.5) is 10.8 Å². The third-order valence-electron chi connectivity index (χ3n) is 6.05. The summed E-state index contributed by atoms with van der Waals surface area (Å²) < 4.78 is 12.9. The lowest BCUT2D eigenvalue weighted by molar-refractivity contribution is 0.0955. The number of aromatic nitrogens is 1. The van der Waals surface area contributed by atoms with Gasteiger partial charge in [-0.2, -0.15) is 5.10 Å². The van der Waals surface area contributed by atoms with Crippen LogP contribution in [0.15, 0.2) is 95.4 Å². The Labute approximate surface area is 277 Å². The van der Waals surface area contributed by atoms with Crippen molar-refractivity contribution in [1.82, 2.24) is 10.4 Å². The van der Waals surface area contributed by atoms with Crippen molar-refractivity contribution in [2.45, 2.75) is 13.5 Å². The minimum atomic E-state index is -0.347. The molecular formula is C32H25Cl2IN4O3S. The standard InChI is InChI=1S/C32H25Cl2IN4O3S/c1-2-41-29-16-21(15-27(34)30(29)42-18-20-3-11-25(35)12-4-20)17-36-39-31(40)23-7-5-22(6-8-23)28-19-43-32(38-28)37-26-13-9-24(33)10-14-26/h3-17,19H,2,18H2,1H3,(H,37,38)(H,39,40)/b36-17-. The Morgan fingerprint density at radius 2 is 1.74 bits per heavy atom. The summed E-state index contributed by atoms with van der Waals surface area (Å²) in [5, 5.41) is 11.1. The van der Waals surface area contributed by atoms with Gasteiger partial charge in [-0.25, -0.2) is 10.4 Å². The molecule has 0 saturated heterocycles. The Kier molecular flexibility index (Phi) is 10.5. The maximum absolute atomic E-state index is 12.7. The number of hydrogen-bond acceptors (Lipinski definition) is 7. The highest BCUT2D eigenvalue weighted by atomic mass is 127.